The van der Waals surface area contributed by atoms with Gasteiger partial charge in [0.05, 0.1) is 21.9 Å². The van der Waals surface area contributed by atoms with Crippen LogP contribution in [-0.4, -0.2) is 31.5 Å². The Morgan fingerprint density at radius 3 is 1.17 bits per heavy atom. The first-order valence-corrected chi connectivity index (χ1v) is 13.3. The molecule has 0 spiro atoms. The second-order valence-electron chi connectivity index (χ2n) is 9.89. The summed E-state index contributed by atoms with van der Waals surface area (Å²) >= 11 is 0. The molecule has 0 aliphatic rings. The third-order valence-corrected chi connectivity index (χ3v) is 7.20. The number of amides is 2. The van der Waals surface area contributed by atoms with E-state index in [9.17, 15) is 29.8 Å². The average Bonchev–Trinajstić information content (AvgIpc) is 3.02. The molecule has 0 aliphatic carbocycles. The Kier molecular flexibility index (Phi) is 9.39. The van der Waals surface area contributed by atoms with Crippen LogP contribution >= 0.6 is 0 Å². The van der Waals surface area contributed by atoms with Gasteiger partial charge in [-0.05, 0) is 36.1 Å². The maximum atomic E-state index is 14.1. The summed E-state index contributed by atoms with van der Waals surface area (Å²) in [6.07, 6.45) is 0. The van der Waals surface area contributed by atoms with E-state index in [4.69, 9.17) is 0 Å². The summed E-state index contributed by atoms with van der Waals surface area (Å²) in [6, 6.07) is 29.3. The lowest BCUT2D eigenvalue weighted by molar-refractivity contribution is -0.385. The molecular weight excluding hydrogens is 536 g/mol. The predicted molar refractivity (Wildman–Crippen MR) is 157 cm³/mol. The lowest BCUT2D eigenvalue weighted by atomic mass is 10.0. The molecule has 0 heterocycles. The van der Waals surface area contributed by atoms with Crippen LogP contribution in [0.1, 0.15) is 48.2 Å². The molecule has 42 heavy (non-hydrogen) atoms. The van der Waals surface area contributed by atoms with E-state index >= 15 is 0 Å². The molecule has 0 aliphatic heterocycles. The van der Waals surface area contributed by atoms with Gasteiger partial charge in [0, 0.05) is 37.4 Å². The van der Waals surface area contributed by atoms with Crippen LogP contribution in [0.3, 0.4) is 0 Å². The normalized spacial score (nSPS) is 12.1. The monoisotopic (exact) mass is 566 g/mol. The topological polar surface area (TPSA) is 127 Å². The van der Waals surface area contributed by atoms with Crippen molar-refractivity contribution in [2.45, 2.75) is 39.0 Å². The smallest absolute Gasteiger partial charge is 0.312 e. The highest BCUT2D eigenvalue weighted by atomic mass is 16.6. The van der Waals surface area contributed by atoms with E-state index in [-0.39, 0.29) is 24.5 Å². The van der Waals surface area contributed by atoms with Crippen LogP contribution in [-0.2, 0) is 22.7 Å². The van der Waals surface area contributed by atoms with Gasteiger partial charge in [0.25, 0.3) is 11.4 Å². The molecule has 0 aromatic heterocycles. The van der Waals surface area contributed by atoms with Gasteiger partial charge in [0.2, 0.25) is 0 Å². The van der Waals surface area contributed by atoms with Crippen LogP contribution in [0.5, 0.6) is 0 Å². The third-order valence-electron chi connectivity index (χ3n) is 7.20. The van der Waals surface area contributed by atoms with Gasteiger partial charge in [-0.15, -0.1) is 0 Å². The Balaban J connectivity index is 1.69. The van der Waals surface area contributed by atoms with Crippen LogP contribution < -0.4 is 0 Å². The van der Waals surface area contributed by atoms with Crippen LogP contribution in [0.2, 0.25) is 0 Å². The van der Waals surface area contributed by atoms with E-state index in [1.54, 1.807) is 24.3 Å². The first-order valence-electron chi connectivity index (χ1n) is 13.3. The van der Waals surface area contributed by atoms with Gasteiger partial charge in [-0.1, -0.05) is 84.9 Å². The fourth-order valence-corrected chi connectivity index (χ4v) is 4.68. The van der Waals surface area contributed by atoms with Crippen molar-refractivity contribution >= 4 is 23.2 Å². The van der Waals surface area contributed by atoms with Crippen molar-refractivity contribution in [2.75, 3.05) is 0 Å². The zero-order chi connectivity index (χ0) is 30.2. The molecule has 2 amide bonds. The highest BCUT2D eigenvalue weighted by Crippen LogP contribution is 2.28. The molecule has 2 atom stereocenters. The van der Waals surface area contributed by atoms with Crippen molar-refractivity contribution < 1.29 is 19.4 Å². The molecule has 0 saturated carbocycles. The minimum atomic E-state index is -0.741. The van der Waals surface area contributed by atoms with Crippen LogP contribution in [0.4, 0.5) is 11.4 Å². The summed E-state index contributed by atoms with van der Waals surface area (Å²) in [6.45, 7) is 3.74. The van der Waals surface area contributed by atoms with E-state index < -0.39 is 33.7 Å². The minimum absolute atomic E-state index is 0.0454. The molecule has 4 rings (SSSR count). The van der Waals surface area contributed by atoms with E-state index in [1.807, 2.05) is 74.5 Å². The standard InChI is InChI=1S/C32H30N4O6/c1-23(27-9-5-3-6-10-27)33(21-25-13-17-29(18-14-25)35(39)40)31(37)32(38)34(24(2)28-11-7-4-8-12-28)22-26-15-19-30(20-16-26)36(41)42/h3-20,23-24H,21-22H2,1-2H3/t23-,24-/m0/s1. The number of nitrogens with zero attached hydrogens (tertiary/aromatic N) is 4. The van der Waals surface area contributed by atoms with Gasteiger partial charge in [-0.25, -0.2) is 0 Å². The number of rotatable bonds is 10. The van der Waals surface area contributed by atoms with Gasteiger partial charge >= 0.3 is 11.8 Å². The molecule has 10 nitrogen and oxygen atoms in total. The number of carbonyl (C=O) groups is 2. The number of carbonyl (C=O) groups excluding carboxylic acids is 2. The van der Waals surface area contributed by atoms with E-state index in [2.05, 4.69) is 0 Å². The van der Waals surface area contributed by atoms with Crippen LogP contribution in [0.25, 0.3) is 0 Å². The van der Waals surface area contributed by atoms with Crippen molar-refractivity contribution in [3.8, 4) is 0 Å². The van der Waals surface area contributed by atoms with Crippen molar-refractivity contribution in [3.63, 3.8) is 0 Å². The fourth-order valence-electron chi connectivity index (χ4n) is 4.68. The summed E-state index contributed by atoms with van der Waals surface area (Å²) in [5, 5.41) is 22.3. The quantitative estimate of drug-likeness (QED) is 0.124. The Morgan fingerprint density at radius 1 is 0.571 bits per heavy atom. The Hall–Kier alpha value is -5.38. The zero-order valence-electron chi connectivity index (χ0n) is 23.2. The van der Waals surface area contributed by atoms with E-state index in [0.717, 1.165) is 11.1 Å². The average molecular weight is 567 g/mol. The van der Waals surface area contributed by atoms with Crippen molar-refractivity contribution in [3.05, 3.63) is 152 Å². The highest BCUT2D eigenvalue weighted by molar-refractivity contribution is 6.35. The second-order valence-corrected chi connectivity index (χ2v) is 9.89. The van der Waals surface area contributed by atoms with Crippen molar-refractivity contribution in [1.82, 2.24) is 9.80 Å². The summed E-state index contributed by atoms with van der Waals surface area (Å²) in [4.78, 5) is 52.4. The molecule has 0 radical (unpaired) electrons. The second kappa shape index (κ2) is 13.3. The molecule has 0 fully saturated rings. The molecule has 0 unspecified atom stereocenters. The maximum Gasteiger partial charge on any atom is 0.312 e. The summed E-state index contributed by atoms with van der Waals surface area (Å²) in [7, 11) is 0. The van der Waals surface area contributed by atoms with Gasteiger partial charge in [0.15, 0.2) is 0 Å². The summed E-state index contributed by atoms with van der Waals surface area (Å²) in [5.41, 5.74) is 2.74. The van der Waals surface area contributed by atoms with Crippen molar-refractivity contribution in [1.29, 1.82) is 0 Å². The fraction of sp³-hybridized carbons (Fsp3) is 0.188. The van der Waals surface area contributed by atoms with Crippen LogP contribution in [0, 0.1) is 20.2 Å². The highest BCUT2D eigenvalue weighted by Gasteiger charge is 2.33. The number of benzene rings is 4. The summed E-state index contributed by atoms with van der Waals surface area (Å²) < 4.78 is 0. The molecule has 10 heteroatoms. The number of nitro groups is 2. The van der Waals surface area contributed by atoms with E-state index in [1.165, 1.54) is 34.1 Å². The molecule has 4 aromatic carbocycles. The van der Waals surface area contributed by atoms with Gasteiger partial charge in [0.1, 0.15) is 0 Å². The minimum Gasteiger partial charge on any atom is -0.323 e. The van der Waals surface area contributed by atoms with Crippen molar-refractivity contribution in [2.24, 2.45) is 0 Å². The number of non-ortho nitro benzene ring substituents is 2. The number of hydrogen-bond acceptors (Lipinski definition) is 6. The van der Waals surface area contributed by atoms with Gasteiger partial charge < -0.3 is 9.80 Å². The van der Waals surface area contributed by atoms with Gasteiger partial charge in [-0.2, -0.15) is 0 Å². The molecule has 0 saturated heterocycles. The predicted octanol–water partition coefficient (Wildman–Crippen LogP) is 6.38. The number of hydrogen-bond donors (Lipinski definition) is 0. The molecular formula is C32H30N4O6. The Bertz CT molecular complexity index is 1420. The van der Waals surface area contributed by atoms with E-state index in [0.29, 0.717) is 11.1 Å². The zero-order valence-corrected chi connectivity index (χ0v) is 23.2. The Labute approximate surface area is 243 Å². The van der Waals surface area contributed by atoms with Gasteiger partial charge in [-0.3, -0.25) is 29.8 Å². The largest absolute Gasteiger partial charge is 0.323 e. The Morgan fingerprint density at radius 2 is 0.881 bits per heavy atom. The SMILES string of the molecule is C[C@@H](c1ccccc1)N(Cc1ccc([N+](=O)[O-])cc1)C(=O)C(=O)N(Cc1ccc([N+](=O)[O-])cc1)[C@@H](C)c1ccccc1. The lowest BCUT2D eigenvalue weighted by Crippen LogP contribution is -2.46. The molecule has 0 N–H and O–H groups in total. The molecule has 0 bridgehead atoms. The van der Waals surface area contributed by atoms with Crippen LogP contribution in [0.15, 0.2) is 109 Å². The first kappa shape index (κ1) is 29.6. The molecule has 4 aromatic rings. The summed E-state index contributed by atoms with van der Waals surface area (Å²) in [5.74, 6) is -1.48. The maximum absolute atomic E-state index is 14.1. The lowest BCUT2D eigenvalue weighted by Gasteiger charge is -2.34. The first-order chi connectivity index (χ1) is 20.2. The number of nitro benzene ring substituents is 2. The molecule has 214 valence electrons. The third kappa shape index (κ3) is 7.03.